The Bertz CT molecular complexity index is 413. The van der Waals surface area contributed by atoms with E-state index < -0.39 is 0 Å². The first-order chi connectivity index (χ1) is 8.61. The van der Waals surface area contributed by atoms with E-state index in [2.05, 4.69) is 48.6 Å². The number of aryl methyl sites for hydroxylation is 1. The molecule has 0 spiro atoms. The van der Waals surface area contributed by atoms with Gasteiger partial charge in [-0.25, -0.2) is 9.13 Å². The van der Waals surface area contributed by atoms with Gasteiger partial charge in [0.05, 0.1) is 12.6 Å². The van der Waals surface area contributed by atoms with Crippen molar-refractivity contribution >= 4 is 5.91 Å². The molecule has 4 heteroatoms. The minimum Gasteiger partial charge on any atom is -0.340 e. The van der Waals surface area contributed by atoms with Crippen molar-refractivity contribution in [3.63, 3.8) is 0 Å². The normalized spacial score (nSPS) is 19.3. The number of imidazole rings is 1. The summed E-state index contributed by atoms with van der Waals surface area (Å²) in [4.78, 5) is 13.7. The van der Waals surface area contributed by atoms with E-state index in [0.717, 1.165) is 32.4 Å². The molecule has 4 nitrogen and oxygen atoms in total. The van der Waals surface area contributed by atoms with Crippen molar-refractivity contribution < 1.29 is 9.36 Å². The molecule has 18 heavy (non-hydrogen) atoms. The molecule has 0 aliphatic carbocycles. The van der Waals surface area contributed by atoms with Gasteiger partial charge < -0.3 is 4.90 Å². The summed E-state index contributed by atoms with van der Waals surface area (Å²) < 4.78 is 4.41. The Kier molecular flexibility index (Phi) is 4.04. The SMILES string of the molecule is CC[n+]1ccn(C(C)CC(C)N2CCCC2=O)c1. The summed E-state index contributed by atoms with van der Waals surface area (Å²) in [6.45, 7) is 8.46. The Balaban J connectivity index is 1.94. The molecular weight excluding hydrogens is 226 g/mol. The van der Waals surface area contributed by atoms with Gasteiger partial charge in [0.2, 0.25) is 12.2 Å². The van der Waals surface area contributed by atoms with Gasteiger partial charge in [0.15, 0.2) is 0 Å². The number of aromatic nitrogens is 2. The van der Waals surface area contributed by atoms with Crippen LogP contribution >= 0.6 is 0 Å². The van der Waals surface area contributed by atoms with Gasteiger partial charge in [0.25, 0.3) is 0 Å². The highest BCUT2D eigenvalue weighted by atomic mass is 16.2. The van der Waals surface area contributed by atoms with Crippen molar-refractivity contribution in [2.24, 2.45) is 0 Å². The number of hydrogen-bond donors (Lipinski definition) is 0. The Labute approximate surface area is 109 Å². The number of amides is 1. The first-order valence-electron chi connectivity index (χ1n) is 6.97. The van der Waals surface area contributed by atoms with E-state index in [-0.39, 0.29) is 0 Å². The standard InChI is InChI=1S/C14H24N3O/c1-4-15-8-9-16(11-15)12(2)10-13(3)17-7-5-6-14(17)18/h8-9,11-13H,4-7,10H2,1-3H3/q+1. The third-order valence-electron chi connectivity index (χ3n) is 3.91. The summed E-state index contributed by atoms with van der Waals surface area (Å²) in [7, 11) is 0. The molecule has 2 heterocycles. The number of likely N-dealkylation sites (tertiary alicyclic amines) is 1. The molecule has 1 aliphatic heterocycles. The number of carbonyl (C=O) groups excluding carboxylic acids is 1. The van der Waals surface area contributed by atoms with Gasteiger partial charge in [-0.05, 0) is 27.2 Å². The lowest BCUT2D eigenvalue weighted by Crippen LogP contribution is -2.35. The predicted octanol–water partition coefficient (Wildman–Crippen LogP) is 1.76. The molecule has 2 unspecified atom stereocenters. The fraction of sp³-hybridized carbons (Fsp3) is 0.714. The van der Waals surface area contributed by atoms with Gasteiger partial charge in [0, 0.05) is 25.4 Å². The Hall–Kier alpha value is -1.32. The Morgan fingerprint density at radius 1 is 1.39 bits per heavy atom. The quantitative estimate of drug-likeness (QED) is 0.732. The van der Waals surface area contributed by atoms with Gasteiger partial charge >= 0.3 is 0 Å². The van der Waals surface area contributed by atoms with Crippen LogP contribution in [0.15, 0.2) is 18.7 Å². The monoisotopic (exact) mass is 250 g/mol. The van der Waals surface area contributed by atoms with Crippen LogP contribution in [0, 0.1) is 0 Å². The molecule has 1 aromatic heterocycles. The highest BCUT2D eigenvalue weighted by Gasteiger charge is 2.27. The van der Waals surface area contributed by atoms with Crippen LogP contribution in [0.4, 0.5) is 0 Å². The highest BCUT2D eigenvalue weighted by molar-refractivity contribution is 5.78. The fourth-order valence-corrected chi connectivity index (χ4v) is 2.74. The van der Waals surface area contributed by atoms with Crippen molar-refractivity contribution in [2.75, 3.05) is 6.54 Å². The van der Waals surface area contributed by atoms with Crippen LogP contribution < -0.4 is 4.57 Å². The van der Waals surface area contributed by atoms with Crippen molar-refractivity contribution in [1.82, 2.24) is 9.47 Å². The summed E-state index contributed by atoms with van der Waals surface area (Å²) in [6.07, 6.45) is 9.14. The summed E-state index contributed by atoms with van der Waals surface area (Å²) in [6, 6.07) is 0.772. The molecule has 100 valence electrons. The van der Waals surface area contributed by atoms with Crippen LogP contribution in [0.25, 0.3) is 0 Å². The average molecular weight is 250 g/mol. The molecule has 1 aliphatic rings. The van der Waals surface area contributed by atoms with Gasteiger partial charge in [-0.15, -0.1) is 0 Å². The largest absolute Gasteiger partial charge is 0.340 e. The summed E-state index contributed by atoms with van der Waals surface area (Å²) in [5.41, 5.74) is 0. The molecule has 0 bridgehead atoms. The highest BCUT2D eigenvalue weighted by Crippen LogP contribution is 2.20. The number of carbonyl (C=O) groups is 1. The first kappa shape index (κ1) is 13.1. The van der Waals surface area contributed by atoms with Crippen LogP contribution in [-0.2, 0) is 11.3 Å². The van der Waals surface area contributed by atoms with Crippen LogP contribution in [0.2, 0.25) is 0 Å². The zero-order valence-electron chi connectivity index (χ0n) is 11.7. The average Bonchev–Trinajstić information content (AvgIpc) is 2.96. The maximum absolute atomic E-state index is 11.7. The van der Waals surface area contributed by atoms with Crippen molar-refractivity contribution in [3.8, 4) is 0 Å². The van der Waals surface area contributed by atoms with E-state index in [4.69, 9.17) is 0 Å². The van der Waals surface area contributed by atoms with E-state index in [9.17, 15) is 4.79 Å². The molecule has 0 saturated carbocycles. The van der Waals surface area contributed by atoms with Gasteiger partial charge in [0.1, 0.15) is 12.4 Å². The topological polar surface area (TPSA) is 29.1 Å². The number of hydrogen-bond acceptors (Lipinski definition) is 1. The minimum absolute atomic E-state index is 0.325. The molecule has 1 saturated heterocycles. The molecule has 0 aromatic carbocycles. The smallest absolute Gasteiger partial charge is 0.243 e. The van der Waals surface area contributed by atoms with Gasteiger partial charge in [-0.1, -0.05) is 0 Å². The van der Waals surface area contributed by atoms with Crippen LogP contribution in [-0.4, -0.2) is 28.0 Å². The third kappa shape index (κ3) is 2.74. The molecular formula is C14H24N3O+. The summed E-state index contributed by atoms with van der Waals surface area (Å²) in [5, 5.41) is 0. The van der Waals surface area contributed by atoms with E-state index >= 15 is 0 Å². The molecule has 1 fully saturated rings. The first-order valence-corrected chi connectivity index (χ1v) is 6.97. The fourth-order valence-electron chi connectivity index (χ4n) is 2.74. The summed E-state index contributed by atoms with van der Waals surface area (Å²) >= 11 is 0. The van der Waals surface area contributed by atoms with E-state index in [1.54, 1.807) is 0 Å². The van der Waals surface area contributed by atoms with Crippen molar-refractivity contribution in [1.29, 1.82) is 0 Å². The summed E-state index contributed by atoms with van der Waals surface area (Å²) in [5.74, 6) is 0.325. The zero-order valence-corrected chi connectivity index (χ0v) is 11.7. The van der Waals surface area contributed by atoms with Gasteiger partial charge in [-0.2, -0.15) is 0 Å². The molecule has 2 atom stereocenters. The number of nitrogens with zero attached hydrogens (tertiary/aromatic N) is 3. The lowest BCUT2D eigenvalue weighted by atomic mass is 10.1. The lowest BCUT2D eigenvalue weighted by molar-refractivity contribution is -0.693. The molecule has 1 aromatic rings. The molecule has 0 N–H and O–H groups in total. The van der Waals surface area contributed by atoms with E-state index in [1.807, 2.05) is 4.90 Å². The second kappa shape index (κ2) is 5.55. The zero-order chi connectivity index (χ0) is 13.1. The van der Waals surface area contributed by atoms with Crippen molar-refractivity contribution in [3.05, 3.63) is 18.7 Å². The predicted molar refractivity (Wildman–Crippen MR) is 70.0 cm³/mol. The Morgan fingerprint density at radius 2 is 2.17 bits per heavy atom. The van der Waals surface area contributed by atoms with Crippen molar-refractivity contribution in [2.45, 2.75) is 58.7 Å². The maximum Gasteiger partial charge on any atom is 0.243 e. The lowest BCUT2D eigenvalue weighted by Gasteiger charge is -2.25. The van der Waals surface area contributed by atoms with Crippen LogP contribution in [0.5, 0.6) is 0 Å². The maximum atomic E-state index is 11.7. The molecule has 0 radical (unpaired) electrons. The van der Waals surface area contributed by atoms with E-state index in [0.29, 0.717) is 18.0 Å². The van der Waals surface area contributed by atoms with E-state index in [1.165, 1.54) is 0 Å². The minimum atomic E-state index is 0.325. The Morgan fingerprint density at radius 3 is 2.72 bits per heavy atom. The van der Waals surface area contributed by atoms with Crippen LogP contribution in [0.3, 0.4) is 0 Å². The second-order valence-corrected chi connectivity index (χ2v) is 5.32. The second-order valence-electron chi connectivity index (χ2n) is 5.32. The van der Waals surface area contributed by atoms with Crippen LogP contribution in [0.1, 0.15) is 46.1 Å². The third-order valence-corrected chi connectivity index (χ3v) is 3.91. The molecule has 1 amide bonds. The number of rotatable bonds is 5. The molecule has 2 rings (SSSR count). The van der Waals surface area contributed by atoms with Gasteiger partial charge in [-0.3, -0.25) is 4.79 Å².